The summed E-state index contributed by atoms with van der Waals surface area (Å²) in [6.07, 6.45) is 9.50. The molecular formula is C24H28N6O4. The second-order valence-corrected chi connectivity index (χ2v) is 9.05. The molecule has 0 spiro atoms. The number of hydrogen-bond acceptors (Lipinski definition) is 9. The van der Waals surface area contributed by atoms with E-state index in [4.69, 9.17) is 9.26 Å². The number of rotatable bonds is 8. The predicted octanol–water partition coefficient (Wildman–Crippen LogP) is 4.13. The predicted molar refractivity (Wildman–Crippen MR) is 122 cm³/mol. The fourth-order valence-electron chi connectivity index (χ4n) is 4.48. The molecule has 0 unspecified atom stereocenters. The molecule has 3 aromatic rings. The highest BCUT2D eigenvalue weighted by atomic mass is 16.5. The summed E-state index contributed by atoms with van der Waals surface area (Å²) in [5, 5.41) is 16.7. The molecule has 0 amide bonds. The van der Waals surface area contributed by atoms with E-state index in [0.29, 0.717) is 48.5 Å². The fourth-order valence-corrected chi connectivity index (χ4v) is 4.48. The number of nitrogens with one attached hydrogen (secondary N) is 1. The Balaban J connectivity index is 1.25. The standard InChI is InChI=1S/C24H28N6O4/c1-14-19(12-26-24-28-13-27-22(29-24)15-4-2-5-15)21(34-30-14)20-9-8-18(11-25-20)33-17-7-3-6-16(10-17)23(31)32/h8-9,11,13,15-17H,2-7,10,12H2,1H3,(H,31,32)(H,26,27,28,29)/t16-,17-/m0/s1. The second-order valence-electron chi connectivity index (χ2n) is 9.05. The molecule has 3 heterocycles. The van der Waals surface area contributed by atoms with Crippen LogP contribution in [0.5, 0.6) is 5.75 Å². The zero-order chi connectivity index (χ0) is 23.5. The van der Waals surface area contributed by atoms with Crippen molar-refractivity contribution in [2.45, 2.75) is 70.4 Å². The number of ether oxygens (including phenoxy) is 1. The van der Waals surface area contributed by atoms with E-state index in [-0.39, 0.29) is 12.0 Å². The minimum Gasteiger partial charge on any atom is -0.489 e. The van der Waals surface area contributed by atoms with Crippen molar-refractivity contribution >= 4 is 11.9 Å². The van der Waals surface area contributed by atoms with E-state index in [9.17, 15) is 9.90 Å². The Morgan fingerprint density at radius 2 is 2.03 bits per heavy atom. The quantitative estimate of drug-likeness (QED) is 0.500. The third-order valence-electron chi connectivity index (χ3n) is 6.72. The highest BCUT2D eigenvalue weighted by Crippen LogP contribution is 2.34. The molecule has 178 valence electrons. The number of carboxylic acids is 1. The lowest BCUT2D eigenvalue weighted by molar-refractivity contribution is -0.143. The molecule has 10 heteroatoms. The molecule has 2 N–H and O–H groups in total. The minimum absolute atomic E-state index is 0.111. The molecule has 5 rings (SSSR count). The molecule has 0 aliphatic heterocycles. The maximum absolute atomic E-state index is 11.3. The summed E-state index contributed by atoms with van der Waals surface area (Å²) in [4.78, 5) is 28.9. The van der Waals surface area contributed by atoms with Gasteiger partial charge in [-0.1, -0.05) is 11.6 Å². The zero-order valence-corrected chi connectivity index (χ0v) is 19.1. The van der Waals surface area contributed by atoms with Crippen molar-refractivity contribution in [1.82, 2.24) is 25.1 Å². The number of aliphatic carboxylic acids is 1. The molecule has 2 aliphatic rings. The molecular weight excluding hydrogens is 436 g/mol. The maximum Gasteiger partial charge on any atom is 0.306 e. The molecule has 0 radical (unpaired) electrons. The van der Waals surface area contributed by atoms with Crippen LogP contribution >= 0.6 is 0 Å². The van der Waals surface area contributed by atoms with Gasteiger partial charge in [0.25, 0.3) is 0 Å². The van der Waals surface area contributed by atoms with Crippen LogP contribution in [0, 0.1) is 12.8 Å². The first-order chi connectivity index (χ1) is 16.6. The number of carbonyl (C=O) groups is 1. The lowest BCUT2D eigenvalue weighted by atomic mass is 9.85. The van der Waals surface area contributed by atoms with Crippen LogP contribution in [0.25, 0.3) is 11.5 Å². The topological polar surface area (TPSA) is 136 Å². The monoisotopic (exact) mass is 464 g/mol. The smallest absolute Gasteiger partial charge is 0.306 e. The van der Waals surface area contributed by atoms with Crippen molar-refractivity contribution < 1.29 is 19.2 Å². The van der Waals surface area contributed by atoms with E-state index in [2.05, 4.69) is 30.4 Å². The summed E-state index contributed by atoms with van der Waals surface area (Å²) in [5.74, 6) is 1.92. The maximum atomic E-state index is 11.3. The molecule has 0 bridgehead atoms. The van der Waals surface area contributed by atoms with Gasteiger partial charge in [-0.05, 0) is 57.6 Å². The number of pyridine rings is 1. The molecule has 10 nitrogen and oxygen atoms in total. The summed E-state index contributed by atoms with van der Waals surface area (Å²) < 4.78 is 11.6. The lowest BCUT2D eigenvalue weighted by Gasteiger charge is -2.27. The van der Waals surface area contributed by atoms with Gasteiger partial charge in [-0.15, -0.1) is 0 Å². The Labute approximate surface area is 197 Å². The zero-order valence-electron chi connectivity index (χ0n) is 19.1. The summed E-state index contributed by atoms with van der Waals surface area (Å²) in [6.45, 7) is 2.33. The molecule has 2 aliphatic carbocycles. The van der Waals surface area contributed by atoms with Crippen molar-refractivity contribution in [3.8, 4) is 17.2 Å². The normalized spacial score (nSPS) is 20.5. The minimum atomic E-state index is -0.750. The fraction of sp³-hybridized carbons (Fsp3) is 0.500. The Hall–Kier alpha value is -3.56. The number of nitrogens with zero attached hydrogens (tertiary/aromatic N) is 5. The number of aryl methyl sites for hydroxylation is 1. The third-order valence-corrected chi connectivity index (χ3v) is 6.72. The van der Waals surface area contributed by atoms with Crippen molar-refractivity contribution in [1.29, 1.82) is 0 Å². The Bertz CT molecular complexity index is 1140. The number of aromatic nitrogens is 5. The number of carboxylic acid groups (broad SMARTS) is 1. The van der Waals surface area contributed by atoms with Crippen LogP contribution in [0.15, 0.2) is 29.2 Å². The summed E-state index contributed by atoms with van der Waals surface area (Å²) in [7, 11) is 0. The SMILES string of the molecule is Cc1noc(-c2ccc(O[C@H]3CCC[C@H](C(=O)O)C3)cn2)c1CNc1ncnc(C2CCC2)n1. The average Bonchev–Trinajstić information content (AvgIpc) is 3.18. The summed E-state index contributed by atoms with van der Waals surface area (Å²) >= 11 is 0. The summed E-state index contributed by atoms with van der Waals surface area (Å²) in [6, 6.07) is 3.66. The van der Waals surface area contributed by atoms with Gasteiger partial charge in [0.1, 0.15) is 23.6 Å². The first-order valence-electron chi connectivity index (χ1n) is 11.8. The van der Waals surface area contributed by atoms with E-state index in [1.54, 1.807) is 12.5 Å². The van der Waals surface area contributed by atoms with Crippen LogP contribution < -0.4 is 10.1 Å². The highest BCUT2D eigenvalue weighted by molar-refractivity contribution is 5.70. The van der Waals surface area contributed by atoms with Gasteiger partial charge < -0.3 is 19.7 Å². The largest absolute Gasteiger partial charge is 0.489 e. The van der Waals surface area contributed by atoms with E-state index in [1.807, 2.05) is 19.1 Å². The van der Waals surface area contributed by atoms with Crippen molar-refractivity contribution in [2.24, 2.45) is 5.92 Å². The number of anilines is 1. The molecule has 0 aromatic carbocycles. The van der Waals surface area contributed by atoms with E-state index in [1.165, 1.54) is 6.42 Å². The van der Waals surface area contributed by atoms with Crippen molar-refractivity contribution in [2.75, 3.05) is 5.32 Å². The van der Waals surface area contributed by atoms with Crippen LogP contribution in [-0.2, 0) is 11.3 Å². The van der Waals surface area contributed by atoms with Gasteiger partial charge in [-0.2, -0.15) is 4.98 Å². The highest BCUT2D eigenvalue weighted by Gasteiger charge is 2.28. The molecule has 34 heavy (non-hydrogen) atoms. The van der Waals surface area contributed by atoms with Crippen molar-refractivity contribution in [3.63, 3.8) is 0 Å². The molecule has 2 fully saturated rings. The van der Waals surface area contributed by atoms with Crippen LogP contribution in [0.4, 0.5) is 5.95 Å². The van der Waals surface area contributed by atoms with Gasteiger partial charge in [-0.25, -0.2) is 15.0 Å². The molecule has 3 aromatic heterocycles. The molecule has 2 atom stereocenters. The van der Waals surface area contributed by atoms with Crippen LogP contribution in [-0.4, -0.2) is 42.3 Å². The Morgan fingerprint density at radius 1 is 1.18 bits per heavy atom. The van der Waals surface area contributed by atoms with E-state index in [0.717, 1.165) is 42.8 Å². The van der Waals surface area contributed by atoms with Gasteiger partial charge >= 0.3 is 5.97 Å². The third kappa shape index (κ3) is 4.85. The van der Waals surface area contributed by atoms with Crippen LogP contribution in [0.2, 0.25) is 0 Å². The van der Waals surface area contributed by atoms with Crippen molar-refractivity contribution in [3.05, 3.63) is 41.7 Å². The van der Waals surface area contributed by atoms with Gasteiger partial charge in [0.2, 0.25) is 5.95 Å². The van der Waals surface area contributed by atoms with Gasteiger partial charge in [-0.3, -0.25) is 4.79 Å². The number of hydrogen-bond donors (Lipinski definition) is 2. The van der Waals surface area contributed by atoms with Crippen LogP contribution in [0.3, 0.4) is 0 Å². The lowest BCUT2D eigenvalue weighted by Crippen LogP contribution is -2.29. The summed E-state index contributed by atoms with van der Waals surface area (Å²) in [5.41, 5.74) is 2.28. The average molecular weight is 465 g/mol. The van der Waals surface area contributed by atoms with Crippen LogP contribution in [0.1, 0.15) is 67.9 Å². The Kier molecular flexibility index (Phi) is 6.37. The second kappa shape index (κ2) is 9.74. The molecule has 2 saturated carbocycles. The molecule has 0 saturated heterocycles. The first kappa shape index (κ1) is 22.2. The van der Waals surface area contributed by atoms with Gasteiger partial charge in [0, 0.05) is 18.0 Å². The first-order valence-corrected chi connectivity index (χ1v) is 11.8. The van der Waals surface area contributed by atoms with Gasteiger partial charge in [0.05, 0.1) is 23.9 Å². The van der Waals surface area contributed by atoms with Gasteiger partial charge in [0.15, 0.2) is 5.76 Å². The Morgan fingerprint density at radius 3 is 2.76 bits per heavy atom. The van der Waals surface area contributed by atoms with E-state index < -0.39 is 5.97 Å². The van der Waals surface area contributed by atoms with E-state index >= 15 is 0 Å².